The van der Waals surface area contributed by atoms with E-state index in [0.717, 1.165) is 22.6 Å². The summed E-state index contributed by atoms with van der Waals surface area (Å²) >= 11 is 0. The molecular weight excluding hydrogens is 458 g/mol. The number of amides is 1. The molecule has 1 aromatic heterocycles. The summed E-state index contributed by atoms with van der Waals surface area (Å²) < 4.78 is 16.3. The zero-order valence-electron chi connectivity index (χ0n) is 21.2. The Morgan fingerprint density at radius 2 is 1.72 bits per heavy atom. The van der Waals surface area contributed by atoms with E-state index < -0.39 is 23.7 Å². The zero-order valence-corrected chi connectivity index (χ0v) is 21.2. The summed E-state index contributed by atoms with van der Waals surface area (Å²) in [7, 11) is 0. The van der Waals surface area contributed by atoms with Crippen molar-refractivity contribution in [2.45, 2.75) is 58.8 Å². The molecule has 0 radical (unpaired) electrons. The van der Waals surface area contributed by atoms with E-state index in [1.807, 2.05) is 60.7 Å². The fraction of sp³-hybridized carbons (Fsp3) is 0.357. The number of nitrogens with one attached hydrogen (secondary N) is 1. The number of rotatable bonds is 10. The van der Waals surface area contributed by atoms with Crippen molar-refractivity contribution in [3.05, 3.63) is 78.2 Å². The van der Waals surface area contributed by atoms with Gasteiger partial charge in [0.05, 0.1) is 18.7 Å². The first kappa shape index (κ1) is 26.7. The number of nitrogens with zero attached hydrogens (tertiary/aromatic N) is 2. The van der Waals surface area contributed by atoms with Crippen molar-refractivity contribution in [2.24, 2.45) is 0 Å². The SMILES string of the molecule is CCOC(=O)CC(Cc1nccc(-c2ccc(OCc3ccccc3)cc2)n1)NC(=O)OC(C)(C)C. The van der Waals surface area contributed by atoms with Gasteiger partial charge in [-0.1, -0.05) is 30.3 Å². The lowest BCUT2D eigenvalue weighted by Gasteiger charge is -2.23. The monoisotopic (exact) mass is 491 g/mol. The predicted molar refractivity (Wildman–Crippen MR) is 136 cm³/mol. The molecule has 0 aliphatic carbocycles. The number of carbonyl (C=O) groups is 2. The minimum atomic E-state index is -0.661. The maximum atomic E-state index is 12.3. The molecule has 3 rings (SSSR count). The predicted octanol–water partition coefficient (Wildman–Crippen LogP) is 5.11. The van der Waals surface area contributed by atoms with Gasteiger partial charge in [0, 0.05) is 24.2 Å². The number of benzene rings is 2. The molecule has 36 heavy (non-hydrogen) atoms. The van der Waals surface area contributed by atoms with Gasteiger partial charge in [-0.25, -0.2) is 14.8 Å². The van der Waals surface area contributed by atoms with Gasteiger partial charge < -0.3 is 19.5 Å². The van der Waals surface area contributed by atoms with Gasteiger partial charge in [-0.2, -0.15) is 0 Å². The number of esters is 1. The Hall–Kier alpha value is -3.94. The summed E-state index contributed by atoms with van der Waals surface area (Å²) in [6.07, 6.45) is 1.27. The lowest BCUT2D eigenvalue weighted by atomic mass is 10.1. The number of ether oxygens (including phenoxy) is 3. The highest BCUT2D eigenvalue weighted by atomic mass is 16.6. The second kappa shape index (κ2) is 12.7. The molecule has 0 saturated heterocycles. The van der Waals surface area contributed by atoms with Crippen LogP contribution in [0.5, 0.6) is 5.75 Å². The average molecular weight is 492 g/mol. The van der Waals surface area contributed by atoms with Crippen LogP contribution in [0, 0.1) is 0 Å². The van der Waals surface area contributed by atoms with E-state index in [4.69, 9.17) is 14.2 Å². The van der Waals surface area contributed by atoms with Crippen LogP contribution in [0.25, 0.3) is 11.3 Å². The average Bonchev–Trinajstić information content (AvgIpc) is 2.83. The summed E-state index contributed by atoms with van der Waals surface area (Å²) in [5.74, 6) is 0.830. The molecule has 190 valence electrons. The first-order valence-electron chi connectivity index (χ1n) is 12.0. The van der Waals surface area contributed by atoms with Crippen molar-refractivity contribution in [3.8, 4) is 17.0 Å². The number of aromatic nitrogens is 2. The van der Waals surface area contributed by atoms with Crippen molar-refractivity contribution in [1.82, 2.24) is 15.3 Å². The topological polar surface area (TPSA) is 99.6 Å². The van der Waals surface area contributed by atoms with Gasteiger partial charge >= 0.3 is 12.1 Å². The highest BCUT2D eigenvalue weighted by Crippen LogP contribution is 2.22. The van der Waals surface area contributed by atoms with Crippen LogP contribution in [0.3, 0.4) is 0 Å². The van der Waals surface area contributed by atoms with Gasteiger partial charge in [0.1, 0.15) is 23.8 Å². The van der Waals surface area contributed by atoms with Crippen molar-refractivity contribution >= 4 is 12.1 Å². The molecule has 0 fully saturated rings. The molecular formula is C28H33N3O5. The molecule has 0 bridgehead atoms. The smallest absolute Gasteiger partial charge is 0.407 e. The van der Waals surface area contributed by atoms with Crippen LogP contribution in [-0.4, -0.2) is 40.3 Å². The summed E-state index contributed by atoms with van der Waals surface area (Å²) in [6.45, 7) is 7.81. The van der Waals surface area contributed by atoms with E-state index >= 15 is 0 Å². The molecule has 0 aliphatic heterocycles. The molecule has 8 nitrogen and oxygen atoms in total. The van der Waals surface area contributed by atoms with Crippen molar-refractivity contribution < 1.29 is 23.8 Å². The molecule has 0 aliphatic rings. The van der Waals surface area contributed by atoms with Gasteiger partial charge in [0.25, 0.3) is 0 Å². The third-order valence-corrected chi connectivity index (χ3v) is 4.97. The van der Waals surface area contributed by atoms with Crippen LogP contribution in [0.4, 0.5) is 4.79 Å². The highest BCUT2D eigenvalue weighted by molar-refractivity contribution is 5.73. The van der Waals surface area contributed by atoms with Crippen molar-refractivity contribution in [2.75, 3.05) is 6.61 Å². The number of carbonyl (C=O) groups excluding carboxylic acids is 2. The molecule has 1 unspecified atom stereocenters. The van der Waals surface area contributed by atoms with E-state index in [-0.39, 0.29) is 19.4 Å². The minimum Gasteiger partial charge on any atom is -0.489 e. The number of hydrogen-bond donors (Lipinski definition) is 1. The lowest BCUT2D eigenvalue weighted by molar-refractivity contribution is -0.143. The summed E-state index contributed by atoms with van der Waals surface area (Å²) in [5.41, 5.74) is 2.06. The van der Waals surface area contributed by atoms with Gasteiger partial charge in [-0.05, 0) is 63.6 Å². The third kappa shape index (κ3) is 9.02. The maximum Gasteiger partial charge on any atom is 0.407 e. The standard InChI is InChI=1S/C28H33N3O5/c1-5-34-26(32)18-22(30-27(33)36-28(2,3)4)17-25-29-16-15-24(31-25)21-11-13-23(14-12-21)35-19-20-9-7-6-8-10-20/h6-16,22H,5,17-19H2,1-4H3,(H,30,33). The van der Waals surface area contributed by atoms with E-state index in [1.54, 1.807) is 33.9 Å². The normalized spacial score (nSPS) is 11.9. The molecule has 3 aromatic rings. The summed E-state index contributed by atoms with van der Waals surface area (Å²) in [5, 5.41) is 2.75. The van der Waals surface area contributed by atoms with Gasteiger partial charge in [-0.3, -0.25) is 4.79 Å². The Balaban J connectivity index is 1.68. The highest BCUT2D eigenvalue weighted by Gasteiger charge is 2.23. The quantitative estimate of drug-likeness (QED) is 0.393. The fourth-order valence-corrected chi connectivity index (χ4v) is 3.41. The Bertz CT molecular complexity index is 1130. The first-order valence-corrected chi connectivity index (χ1v) is 12.0. The molecule has 0 saturated carbocycles. The largest absolute Gasteiger partial charge is 0.489 e. The first-order chi connectivity index (χ1) is 17.2. The van der Waals surface area contributed by atoms with E-state index in [0.29, 0.717) is 12.4 Å². The van der Waals surface area contributed by atoms with E-state index in [1.165, 1.54) is 0 Å². The second-order valence-corrected chi connectivity index (χ2v) is 9.21. The van der Waals surface area contributed by atoms with Crippen molar-refractivity contribution in [1.29, 1.82) is 0 Å². The summed E-state index contributed by atoms with van der Waals surface area (Å²) in [6, 6.07) is 18.9. The Morgan fingerprint density at radius 1 is 1.00 bits per heavy atom. The van der Waals surface area contributed by atoms with Gasteiger partial charge in [-0.15, -0.1) is 0 Å². The Kier molecular flexibility index (Phi) is 9.39. The third-order valence-electron chi connectivity index (χ3n) is 4.97. The second-order valence-electron chi connectivity index (χ2n) is 9.21. The van der Waals surface area contributed by atoms with Crippen LogP contribution in [0.1, 0.15) is 45.5 Å². The van der Waals surface area contributed by atoms with E-state index in [2.05, 4.69) is 15.3 Å². The van der Waals surface area contributed by atoms with Crippen LogP contribution in [0.2, 0.25) is 0 Å². The molecule has 1 atom stereocenters. The van der Waals surface area contributed by atoms with Crippen LogP contribution in [-0.2, 0) is 27.3 Å². The zero-order chi connectivity index (χ0) is 26.0. The molecule has 0 spiro atoms. The number of hydrogen-bond acceptors (Lipinski definition) is 7. The Labute approximate surface area is 212 Å². The minimum absolute atomic E-state index is 0.0197. The molecule has 2 aromatic carbocycles. The van der Waals surface area contributed by atoms with Crippen LogP contribution < -0.4 is 10.1 Å². The van der Waals surface area contributed by atoms with Crippen LogP contribution in [0.15, 0.2) is 66.9 Å². The van der Waals surface area contributed by atoms with Gasteiger partial charge in [0.15, 0.2) is 0 Å². The molecule has 1 amide bonds. The fourth-order valence-electron chi connectivity index (χ4n) is 3.41. The molecule has 8 heteroatoms. The van der Waals surface area contributed by atoms with Gasteiger partial charge in [0.2, 0.25) is 0 Å². The Morgan fingerprint density at radius 3 is 2.39 bits per heavy atom. The molecule has 1 heterocycles. The number of alkyl carbamates (subject to hydrolysis) is 1. The van der Waals surface area contributed by atoms with Crippen molar-refractivity contribution in [3.63, 3.8) is 0 Å². The van der Waals surface area contributed by atoms with Crippen LogP contribution >= 0.6 is 0 Å². The molecule has 1 N–H and O–H groups in total. The van der Waals surface area contributed by atoms with E-state index in [9.17, 15) is 9.59 Å². The lowest BCUT2D eigenvalue weighted by Crippen LogP contribution is -2.41. The maximum absolute atomic E-state index is 12.3. The summed E-state index contributed by atoms with van der Waals surface area (Å²) in [4.78, 5) is 33.4.